The molecule has 0 aliphatic carbocycles. The third-order valence-electron chi connectivity index (χ3n) is 1.62. The Balaban J connectivity index is 2.75. The van der Waals surface area contributed by atoms with Gasteiger partial charge in [0.2, 0.25) is 0 Å². The van der Waals surface area contributed by atoms with E-state index in [1.54, 1.807) is 12.3 Å². The maximum atomic E-state index is 11.3. The molecule has 0 aromatic carbocycles. The van der Waals surface area contributed by atoms with Gasteiger partial charge in [-0.15, -0.1) is 0 Å². The lowest BCUT2D eigenvalue weighted by Gasteiger charge is -1.92. The minimum absolute atomic E-state index is 0.0300. The SMILES string of the molecule is CC(=O)SCC#Cc1cc(C)c[nH]c1=O. The van der Waals surface area contributed by atoms with Crippen molar-refractivity contribution >= 4 is 16.9 Å². The van der Waals surface area contributed by atoms with Crippen LogP contribution in [0.3, 0.4) is 0 Å². The number of hydrogen-bond acceptors (Lipinski definition) is 3. The number of hydrogen-bond donors (Lipinski definition) is 1. The summed E-state index contributed by atoms with van der Waals surface area (Å²) >= 11 is 1.14. The fourth-order valence-corrected chi connectivity index (χ4v) is 1.30. The standard InChI is InChI=1S/C11H11NO2S/c1-8-6-10(11(14)12-7-8)4-3-5-15-9(2)13/h6-7H,5H2,1-2H3,(H,12,14). The maximum absolute atomic E-state index is 11.3. The van der Waals surface area contributed by atoms with Gasteiger partial charge in [-0.25, -0.2) is 0 Å². The van der Waals surface area contributed by atoms with Crippen LogP contribution in [0.15, 0.2) is 17.1 Å². The lowest BCUT2D eigenvalue weighted by molar-refractivity contribution is -0.109. The van der Waals surface area contributed by atoms with Gasteiger partial charge in [0.05, 0.1) is 11.3 Å². The van der Waals surface area contributed by atoms with Crippen LogP contribution in [0.1, 0.15) is 18.1 Å². The molecule has 3 nitrogen and oxygen atoms in total. The first-order valence-electron chi connectivity index (χ1n) is 4.41. The Morgan fingerprint density at radius 3 is 3.00 bits per heavy atom. The van der Waals surface area contributed by atoms with E-state index in [0.29, 0.717) is 11.3 Å². The molecule has 0 radical (unpaired) electrons. The Labute approximate surface area is 92.3 Å². The van der Waals surface area contributed by atoms with E-state index in [1.165, 1.54) is 6.92 Å². The summed E-state index contributed by atoms with van der Waals surface area (Å²) in [5.74, 6) is 5.93. The molecular formula is C11H11NO2S. The monoisotopic (exact) mass is 221 g/mol. The molecule has 0 saturated carbocycles. The van der Waals surface area contributed by atoms with Crippen LogP contribution in [-0.2, 0) is 4.79 Å². The molecule has 1 aromatic rings. The highest BCUT2D eigenvalue weighted by Crippen LogP contribution is 1.99. The number of aromatic nitrogens is 1. The summed E-state index contributed by atoms with van der Waals surface area (Å²) in [6.07, 6.45) is 1.64. The summed E-state index contributed by atoms with van der Waals surface area (Å²) in [4.78, 5) is 24.5. The first kappa shape index (κ1) is 11.6. The van der Waals surface area contributed by atoms with Crippen LogP contribution in [0, 0.1) is 18.8 Å². The first-order chi connectivity index (χ1) is 7.09. The van der Waals surface area contributed by atoms with E-state index in [0.717, 1.165) is 17.3 Å². The zero-order chi connectivity index (χ0) is 11.3. The maximum Gasteiger partial charge on any atom is 0.263 e. The zero-order valence-electron chi connectivity index (χ0n) is 8.59. The van der Waals surface area contributed by atoms with Crippen LogP contribution in [0.4, 0.5) is 0 Å². The Kier molecular flexibility index (Phi) is 4.19. The molecule has 78 valence electrons. The van der Waals surface area contributed by atoms with Gasteiger partial charge < -0.3 is 4.98 Å². The van der Waals surface area contributed by atoms with Crippen molar-refractivity contribution in [3.8, 4) is 11.8 Å². The number of thioether (sulfide) groups is 1. The van der Waals surface area contributed by atoms with Crippen LogP contribution in [-0.4, -0.2) is 15.9 Å². The average Bonchev–Trinajstić information content (AvgIpc) is 2.17. The molecule has 0 unspecified atom stereocenters. The normalized spacial score (nSPS) is 9.20. The van der Waals surface area contributed by atoms with Gasteiger partial charge in [0, 0.05) is 13.1 Å². The lowest BCUT2D eigenvalue weighted by atomic mass is 10.2. The van der Waals surface area contributed by atoms with Gasteiger partial charge in [0.25, 0.3) is 5.56 Å². The predicted octanol–water partition coefficient (Wildman–Crippen LogP) is 1.31. The van der Waals surface area contributed by atoms with Crippen LogP contribution in [0.5, 0.6) is 0 Å². The predicted molar refractivity (Wildman–Crippen MR) is 61.8 cm³/mol. The molecule has 0 aliphatic heterocycles. The molecule has 1 heterocycles. The van der Waals surface area contributed by atoms with Gasteiger partial charge in [-0.3, -0.25) is 9.59 Å². The van der Waals surface area contributed by atoms with Crippen molar-refractivity contribution in [2.75, 3.05) is 5.75 Å². The highest BCUT2D eigenvalue weighted by molar-refractivity contribution is 8.13. The van der Waals surface area contributed by atoms with E-state index < -0.39 is 0 Å². The second-order valence-corrected chi connectivity index (χ2v) is 4.15. The van der Waals surface area contributed by atoms with Gasteiger partial charge >= 0.3 is 0 Å². The molecule has 0 bridgehead atoms. The number of carbonyl (C=O) groups excluding carboxylic acids is 1. The summed E-state index contributed by atoms with van der Waals surface area (Å²) in [5, 5.41) is 0.0300. The molecule has 0 saturated heterocycles. The van der Waals surface area contributed by atoms with Crippen molar-refractivity contribution < 1.29 is 4.79 Å². The van der Waals surface area contributed by atoms with E-state index in [4.69, 9.17) is 0 Å². The molecule has 1 N–H and O–H groups in total. The van der Waals surface area contributed by atoms with Crippen LogP contribution < -0.4 is 5.56 Å². The van der Waals surface area contributed by atoms with Crippen molar-refractivity contribution in [2.45, 2.75) is 13.8 Å². The Hall–Kier alpha value is -1.47. The van der Waals surface area contributed by atoms with Crippen LogP contribution in [0.2, 0.25) is 0 Å². The fraction of sp³-hybridized carbons (Fsp3) is 0.273. The second-order valence-electron chi connectivity index (χ2n) is 3.00. The van der Waals surface area contributed by atoms with Gasteiger partial charge in [-0.05, 0) is 18.6 Å². The van der Waals surface area contributed by atoms with Crippen molar-refractivity contribution in [3.63, 3.8) is 0 Å². The molecule has 1 rings (SSSR count). The fourth-order valence-electron chi connectivity index (χ4n) is 0.954. The van der Waals surface area contributed by atoms with Gasteiger partial charge in [0.1, 0.15) is 0 Å². The van der Waals surface area contributed by atoms with Gasteiger partial charge in [-0.1, -0.05) is 23.6 Å². The van der Waals surface area contributed by atoms with E-state index in [1.807, 2.05) is 6.92 Å². The highest BCUT2D eigenvalue weighted by atomic mass is 32.2. The molecular weight excluding hydrogens is 210 g/mol. The molecule has 15 heavy (non-hydrogen) atoms. The third-order valence-corrected chi connectivity index (χ3v) is 2.31. The number of nitrogens with one attached hydrogen (secondary N) is 1. The summed E-state index contributed by atoms with van der Waals surface area (Å²) in [7, 11) is 0. The molecule has 0 aliphatic rings. The highest BCUT2D eigenvalue weighted by Gasteiger charge is 1.95. The van der Waals surface area contributed by atoms with Crippen LogP contribution in [0.25, 0.3) is 0 Å². The topological polar surface area (TPSA) is 49.9 Å². The Bertz CT molecular complexity index is 479. The van der Waals surface area contributed by atoms with Crippen molar-refractivity contribution in [3.05, 3.63) is 33.7 Å². The smallest absolute Gasteiger partial charge is 0.263 e. The second kappa shape index (κ2) is 5.42. The van der Waals surface area contributed by atoms with E-state index in [9.17, 15) is 9.59 Å². The molecule has 0 spiro atoms. The van der Waals surface area contributed by atoms with E-state index in [-0.39, 0.29) is 10.7 Å². The Morgan fingerprint density at radius 1 is 1.60 bits per heavy atom. The largest absolute Gasteiger partial charge is 0.328 e. The third kappa shape index (κ3) is 4.05. The molecule has 0 fully saturated rings. The van der Waals surface area contributed by atoms with E-state index >= 15 is 0 Å². The summed E-state index contributed by atoms with van der Waals surface area (Å²) in [6, 6.07) is 1.73. The number of H-pyrrole nitrogens is 1. The number of aryl methyl sites for hydroxylation is 1. The number of rotatable bonds is 1. The quantitative estimate of drug-likeness (QED) is 0.727. The zero-order valence-corrected chi connectivity index (χ0v) is 9.40. The van der Waals surface area contributed by atoms with Crippen molar-refractivity contribution in [2.24, 2.45) is 0 Å². The number of pyridine rings is 1. The van der Waals surface area contributed by atoms with Gasteiger partial charge in [0.15, 0.2) is 5.12 Å². The summed E-state index contributed by atoms with van der Waals surface area (Å²) in [6.45, 7) is 3.37. The molecule has 1 aromatic heterocycles. The number of aromatic amines is 1. The van der Waals surface area contributed by atoms with Crippen molar-refractivity contribution in [1.82, 2.24) is 4.98 Å². The lowest BCUT2D eigenvalue weighted by Crippen LogP contribution is -2.09. The molecule has 4 heteroatoms. The van der Waals surface area contributed by atoms with Crippen molar-refractivity contribution in [1.29, 1.82) is 0 Å². The van der Waals surface area contributed by atoms with E-state index in [2.05, 4.69) is 16.8 Å². The summed E-state index contributed by atoms with van der Waals surface area (Å²) < 4.78 is 0. The first-order valence-corrected chi connectivity index (χ1v) is 5.39. The minimum Gasteiger partial charge on any atom is -0.328 e. The molecule has 0 amide bonds. The van der Waals surface area contributed by atoms with Gasteiger partial charge in [-0.2, -0.15) is 0 Å². The average molecular weight is 221 g/mol. The summed E-state index contributed by atoms with van der Waals surface area (Å²) in [5.41, 5.74) is 1.21. The Morgan fingerprint density at radius 2 is 2.33 bits per heavy atom. The van der Waals surface area contributed by atoms with Crippen LogP contribution >= 0.6 is 11.8 Å². The minimum atomic E-state index is -0.194. The molecule has 0 atom stereocenters. The number of carbonyl (C=O) groups is 1.